The van der Waals surface area contributed by atoms with Crippen LogP contribution in [0.5, 0.6) is 11.5 Å². The number of para-hydroxylation sites is 1. The number of phenolic OH excluding ortho intramolecular Hbond substituents is 1. The maximum absolute atomic E-state index is 12.2. The van der Waals surface area contributed by atoms with Crippen molar-refractivity contribution in [3.63, 3.8) is 0 Å². The van der Waals surface area contributed by atoms with Crippen molar-refractivity contribution < 1.29 is 14.6 Å². The van der Waals surface area contributed by atoms with Gasteiger partial charge in [0.1, 0.15) is 18.1 Å². The van der Waals surface area contributed by atoms with Crippen LogP contribution in [0.15, 0.2) is 48.5 Å². The number of nitrogens with zero attached hydrogens (tertiary/aromatic N) is 1. The van der Waals surface area contributed by atoms with Gasteiger partial charge in [0.05, 0.1) is 13.1 Å². The van der Waals surface area contributed by atoms with Gasteiger partial charge in [-0.3, -0.25) is 9.69 Å². The summed E-state index contributed by atoms with van der Waals surface area (Å²) in [5.74, 6) is 0.912. The van der Waals surface area contributed by atoms with Crippen LogP contribution in [0.25, 0.3) is 0 Å². The molecule has 0 aliphatic rings. The third-order valence-corrected chi connectivity index (χ3v) is 4.05. The Labute approximate surface area is 159 Å². The molecule has 2 N–H and O–H groups in total. The average molecular weight is 377 g/mol. The summed E-state index contributed by atoms with van der Waals surface area (Å²) >= 11 is 5.82. The first kappa shape index (κ1) is 20.1. The zero-order valence-electron chi connectivity index (χ0n) is 15.0. The monoisotopic (exact) mass is 376 g/mol. The summed E-state index contributed by atoms with van der Waals surface area (Å²) in [5, 5.41) is 13.4. The van der Waals surface area contributed by atoms with E-state index in [1.165, 1.54) is 0 Å². The molecule has 140 valence electrons. The van der Waals surface area contributed by atoms with Crippen LogP contribution < -0.4 is 10.1 Å². The van der Waals surface area contributed by atoms with Crippen molar-refractivity contribution in [2.75, 3.05) is 26.2 Å². The number of hydrogen-bond acceptors (Lipinski definition) is 4. The molecule has 0 aliphatic carbocycles. The van der Waals surface area contributed by atoms with Gasteiger partial charge in [-0.05, 0) is 43.3 Å². The van der Waals surface area contributed by atoms with Crippen LogP contribution in [0.4, 0.5) is 0 Å². The van der Waals surface area contributed by atoms with E-state index in [0.717, 1.165) is 24.3 Å². The number of carbonyl (C=O) groups excluding carboxylic acids is 1. The summed E-state index contributed by atoms with van der Waals surface area (Å²) in [6.07, 6.45) is 0.931. The fourth-order valence-electron chi connectivity index (χ4n) is 2.56. The number of hydrogen-bond donors (Lipinski definition) is 2. The Bertz CT molecular complexity index is 692. The first-order chi connectivity index (χ1) is 12.6. The molecule has 6 heteroatoms. The number of amides is 1. The SMILES string of the molecule is CCCN(CC(=O)NCCOc1ccc(Cl)cc1)Cc1ccccc1O. The van der Waals surface area contributed by atoms with Crippen LogP contribution in [-0.4, -0.2) is 42.2 Å². The third-order valence-electron chi connectivity index (χ3n) is 3.80. The number of nitrogens with one attached hydrogen (secondary N) is 1. The lowest BCUT2D eigenvalue weighted by molar-refractivity contribution is -0.122. The Balaban J connectivity index is 1.74. The second-order valence-electron chi connectivity index (χ2n) is 5.99. The Morgan fingerprint density at radius 2 is 1.92 bits per heavy atom. The van der Waals surface area contributed by atoms with E-state index in [1.54, 1.807) is 36.4 Å². The van der Waals surface area contributed by atoms with E-state index in [2.05, 4.69) is 12.2 Å². The van der Waals surface area contributed by atoms with Crippen LogP contribution in [-0.2, 0) is 11.3 Å². The maximum Gasteiger partial charge on any atom is 0.234 e. The molecule has 0 fully saturated rings. The fourth-order valence-corrected chi connectivity index (χ4v) is 2.69. The van der Waals surface area contributed by atoms with E-state index < -0.39 is 0 Å². The minimum atomic E-state index is -0.0615. The normalized spacial score (nSPS) is 10.7. The summed E-state index contributed by atoms with van der Waals surface area (Å²) in [6.45, 7) is 4.48. The molecular weight excluding hydrogens is 352 g/mol. The van der Waals surface area contributed by atoms with E-state index >= 15 is 0 Å². The summed E-state index contributed by atoms with van der Waals surface area (Å²) in [4.78, 5) is 14.2. The minimum Gasteiger partial charge on any atom is -0.508 e. The lowest BCUT2D eigenvalue weighted by Gasteiger charge is -2.21. The molecule has 0 radical (unpaired) electrons. The summed E-state index contributed by atoms with van der Waals surface area (Å²) in [7, 11) is 0. The number of aromatic hydroxyl groups is 1. The van der Waals surface area contributed by atoms with Crippen molar-refractivity contribution >= 4 is 17.5 Å². The molecular formula is C20H25ClN2O3. The van der Waals surface area contributed by atoms with Gasteiger partial charge in [0.2, 0.25) is 5.91 Å². The van der Waals surface area contributed by atoms with Crippen LogP contribution in [0.2, 0.25) is 5.02 Å². The largest absolute Gasteiger partial charge is 0.508 e. The second kappa shape index (κ2) is 10.7. The van der Waals surface area contributed by atoms with Crippen LogP contribution >= 0.6 is 11.6 Å². The molecule has 0 saturated heterocycles. The maximum atomic E-state index is 12.2. The Kier molecular flexibility index (Phi) is 8.25. The summed E-state index contributed by atoms with van der Waals surface area (Å²) in [5.41, 5.74) is 0.819. The molecule has 0 spiro atoms. The lowest BCUT2D eigenvalue weighted by Crippen LogP contribution is -2.38. The highest BCUT2D eigenvalue weighted by atomic mass is 35.5. The van der Waals surface area contributed by atoms with Crippen molar-refractivity contribution in [1.29, 1.82) is 0 Å². The third kappa shape index (κ3) is 6.94. The Morgan fingerprint density at radius 1 is 1.19 bits per heavy atom. The molecule has 26 heavy (non-hydrogen) atoms. The van der Waals surface area contributed by atoms with Gasteiger partial charge in [-0.2, -0.15) is 0 Å². The van der Waals surface area contributed by atoms with Gasteiger partial charge in [-0.25, -0.2) is 0 Å². The van der Waals surface area contributed by atoms with Gasteiger partial charge < -0.3 is 15.2 Å². The average Bonchev–Trinajstić information content (AvgIpc) is 2.62. The van der Waals surface area contributed by atoms with Crippen molar-refractivity contribution in [2.45, 2.75) is 19.9 Å². The number of carbonyl (C=O) groups is 1. The van der Waals surface area contributed by atoms with Crippen molar-refractivity contribution in [3.8, 4) is 11.5 Å². The van der Waals surface area contributed by atoms with Crippen LogP contribution in [0.3, 0.4) is 0 Å². The smallest absolute Gasteiger partial charge is 0.234 e. The number of halogens is 1. The fraction of sp³-hybridized carbons (Fsp3) is 0.350. The second-order valence-corrected chi connectivity index (χ2v) is 6.43. The number of phenols is 1. The highest BCUT2D eigenvalue weighted by Gasteiger charge is 2.12. The van der Waals surface area contributed by atoms with Crippen LogP contribution in [0.1, 0.15) is 18.9 Å². The quantitative estimate of drug-likeness (QED) is 0.623. The molecule has 0 aliphatic heterocycles. The number of rotatable bonds is 10. The van der Waals surface area contributed by atoms with E-state index in [9.17, 15) is 9.90 Å². The summed E-state index contributed by atoms with van der Waals surface area (Å²) in [6, 6.07) is 14.3. The standard InChI is InChI=1S/C20H25ClN2O3/c1-2-12-23(14-16-5-3-4-6-19(16)24)15-20(25)22-11-13-26-18-9-7-17(21)8-10-18/h3-10,24H,2,11-15H2,1H3,(H,22,25). The highest BCUT2D eigenvalue weighted by Crippen LogP contribution is 2.18. The van der Waals surface area contributed by atoms with Gasteiger partial charge in [0, 0.05) is 17.1 Å². The topological polar surface area (TPSA) is 61.8 Å². The van der Waals surface area contributed by atoms with Crippen molar-refractivity contribution in [3.05, 3.63) is 59.1 Å². The predicted molar refractivity (Wildman–Crippen MR) is 104 cm³/mol. The molecule has 0 bridgehead atoms. The Morgan fingerprint density at radius 3 is 2.62 bits per heavy atom. The van der Waals surface area contributed by atoms with E-state index in [0.29, 0.717) is 24.7 Å². The lowest BCUT2D eigenvalue weighted by atomic mass is 10.2. The van der Waals surface area contributed by atoms with E-state index in [1.807, 2.05) is 17.0 Å². The van der Waals surface area contributed by atoms with Crippen LogP contribution in [0, 0.1) is 0 Å². The molecule has 0 unspecified atom stereocenters. The Hall–Kier alpha value is -2.24. The first-order valence-corrected chi connectivity index (χ1v) is 9.10. The zero-order valence-corrected chi connectivity index (χ0v) is 15.7. The van der Waals surface area contributed by atoms with Crippen molar-refractivity contribution in [1.82, 2.24) is 10.2 Å². The van der Waals surface area contributed by atoms with Gasteiger partial charge in [0.25, 0.3) is 0 Å². The molecule has 0 aromatic heterocycles. The molecule has 1 amide bonds. The van der Waals surface area contributed by atoms with Gasteiger partial charge in [0.15, 0.2) is 0 Å². The molecule has 5 nitrogen and oxygen atoms in total. The first-order valence-electron chi connectivity index (χ1n) is 8.72. The zero-order chi connectivity index (χ0) is 18.8. The highest BCUT2D eigenvalue weighted by molar-refractivity contribution is 6.30. The minimum absolute atomic E-state index is 0.0615. The van der Waals surface area contributed by atoms with Crippen molar-refractivity contribution in [2.24, 2.45) is 0 Å². The van der Waals surface area contributed by atoms with Gasteiger partial charge in [-0.1, -0.05) is 36.7 Å². The van der Waals surface area contributed by atoms with E-state index in [-0.39, 0.29) is 18.2 Å². The number of benzene rings is 2. The molecule has 2 aromatic rings. The van der Waals surface area contributed by atoms with Gasteiger partial charge in [-0.15, -0.1) is 0 Å². The van der Waals surface area contributed by atoms with E-state index in [4.69, 9.17) is 16.3 Å². The predicted octanol–water partition coefficient (Wildman–Crippen LogP) is 3.45. The molecule has 2 aromatic carbocycles. The molecule has 0 saturated carbocycles. The molecule has 0 atom stereocenters. The number of ether oxygens (including phenoxy) is 1. The molecule has 2 rings (SSSR count). The molecule has 0 heterocycles. The van der Waals surface area contributed by atoms with Gasteiger partial charge >= 0.3 is 0 Å². The summed E-state index contributed by atoms with van der Waals surface area (Å²) < 4.78 is 5.56.